The van der Waals surface area contributed by atoms with Crippen molar-refractivity contribution in [1.29, 1.82) is 0 Å². The van der Waals surface area contributed by atoms with E-state index in [0.29, 0.717) is 6.54 Å². The molecule has 0 aliphatic carbocycles. The fourth-order valence-corrected chi connectivity index (χ4v) is 1.91. The first kappa shape index (κ1) is 12.7. The van der Waals surface area contributed by atoms with E-state index in [2.05, 4.69) is 29.2 Å². The predicted octanol–water partition coefficient (Wildman–Crippen LogP) is 2.91. The Morgan fingerprint density at radius 3 is 2.56 bits per heavy atom. The molecule has 2 N–H and O–H groups in total. The standard InChI is InChI=1S/C15H18N2O/c1-11(18-2)12-5-7-13(8-6-12)15-14(10-16)4-3-9-17-15/h3-9,11H,10,16H2,1-2H3/t11-/m0/s1. The lowest BCUT2D eigenvalue weighted by Crippen LogP contribution is -2.01. The minimum absolute atomic E-state index is 0.108. The summed E-state index contributed by atoms with van der Waals surface area (Å²) < 4.78 is 5.29. The third-order valence-corrected chi connectivity index (χ3v) is 3.12. The van der Waals surface area contributed by atoms with E-state index in [1.165, 1.54) is 0 Å². The van der Waals surface area contributed by atoms with Crippen LogP contribution in [0.2, 0.25) is 0 Å². The number of nitrogens with zero attached hydrogens (tertiary/aromatic N) is 1. The monoisotopic (exact) mass is 242 g/mol. The number of methoxy groups -OCH3 is 1. The summed E-state index contributed by atoms with van der Waals surface area (Å²) in [7, 11) is 1.71. The van der Waals surface area contributed by atoms with Gasteiger partial charge in [-0.3, -0.25) is 4.98 Å². The number of ether oxygens (including phenoxy) is 1. The maximum atomic E-state index is 5.73. The summed E-state index contributed by atoms with van der Waals surface area (Å²) >= 11 is 0. The van der Waals surface area contributed by atoms with E-state index >= 15 is 0 Å². The maximum absolute atomic E-state index is 5.73. The number of benzene rings is 1. The quantitative estimate of drug-likeness (QED) is 0.896. The van der Waals surface area contributed by atoms with Crippen LogP contribution in [0, 0.1) is 0 Å². The molecule has 3 nitrogen and oxygen atoms in total. The minimum atomic E-state index is 0.108. The molecule has 3 heteroatoms. The molecule has 1 heterocycles. The number of rotatable bonds is 4. The predicted molar refractivity (Wildman–Crippen MR) is 73.0 cm³/mol. The zero-order valence-electron chi connectivity index (χ0n) is 10.8. The minimum Gasteiger partial charge on any atom is -0.377 e. The van der Waals surface area contributed by atoms with Crippen LogP contribution in [-0.2, 0) is 11.3 Å². The fourth-order valence-electron chi connectivity index (χ4n) is 1.91. The highest BCUT2D eigenvalue weighted by Gasteiger charge is 2.07. The smallest absolute Gasteiger partial charge is 0.0793 e. The Morgan fingerprint density at radius 1 is 1.22 bits per heavy atom. The van der Waals surface area contributed by atoms with Crippen molar-refractivity contribution < 1.29 is 4.74 Å². The van der Waals surface area contributed by atoms with Gasteiger partial charge in [-0.2, -0.15) is 0 Å². The molecule has 0 unspecified atom stereocenters. The summed E-state index contributed by atoms with van der Waals surface area (Å²) in [5.41, 5.74) is 9.99. The second-order valence-corrected chi connectivity index (χ2v) is 4.22. The number of aromatic nitrogens is 1. The molecule has 0 fully saturated rings. The molecule has 0 radical (unpaired) electrons. The molecule has 0 saturated heterocycles. The van der Waals surface area contributed by atoms with Crippen LogP contribution in [0.5, 0.6) is 0 Å². The number of hydrogen-bond donors (Lipinski definition) is 1. The Kier molecular flexibility index (Phi) is 4.07. The molecule has 0 bridgehead atoms. The van der Waals surface area contributed by atoms with Crippen molar-refractivity contribution >= 4 is 0 Å². The van der Waals surface area contributed by atoms with Crippen LogP contribution in [0.25, 0.3) is 11.3 Å². The van der Waals surface area contributed by atoms with E-state index in [-0.39, 0.29) is 6.10 Å². The van der Waals surface area contributed by atoms with E-state index in [1.807, 2.05) is 19.1 Å². The van der Waals surface area contributed by atoms with E-state index in [0.717, 1.165) is 22.4 Å². The van der Waals surface area contributed by atoms with Gasteiger partial charge in [0.05, 0.1) is 11.8 Å². The first-order chi connectivity index (χ1) is 8.76. The first-order valence-corrected chi connectivity index (χ1v) is 6.03. The topological polar surface area (TPSA) is 48.1 Å². The number of pyridine rings is 1. The lowest BCUT2D eigenvalue weighted by atomic mass is 10.0. The van der Waals surface area contributed by atoms with Gasteiger partial charge in [0.2, 0.25) is 0 Å². The molecule has 0 spiro atoms. The van der Waals surface area contributed by atoms with Gasteiger partial charge >= 0.3 is 0 Å². The molecular weight excluding hydrogens is 224 g/mol. The molecule has 0 amide bonds. The molecule has 0 aliphatic heterocycles. The Hall–Kier alpha value is -1.71. The van der Waals surface area contributed by atoms with Crippen LogP contribution < -0.4 is 5.73 Å². The van der Waals surface area contributed by atoms with Gasteiger partial charge in [-0.15, -0.1) is 0 Å². The molecule has 1 aromatic carbocycles. The summed E-state index contributed by atoms with van der Waals surface area (Å²) in [5.74, 6) is 0. The Morgan fingerprint density at radius 2 is 1.94 bits per heavy atom. The molecule has 18 heavy (non-hydrogen) atoms. The van der Waals surface area contributed by atoms with Gasteiger partial charge in [-0.05, 0) is 24.1 Å². The maximum Gasteiger partial charge on any atom is 0.0793 e. The molecule has 0 saturated carbocycles. The summed E-state index contributed by atoms with van der Waals surface area (Å²) in [6, 6.07) is 12.2. The van der Waals surface area contributed by atoms with Gasteiger partial charge in [0.1, 0.15) is 0 Å². The van der Waals surface area contributed by atoms with Crippen LogP contribution >= 0.6 is 0 Å². The molecule has 0 aliphatic rings. The van der Waals surface area contributed by atoms with Crippen LogP contribution in [0.1, 0.15) is 24.2 Å². The summed E-state index contributed by atoms with van der Waals surface area (Å²) in [6.07, 6.45) is 1.90. The number of nitrogens with two attached hydrogens (primary N) is 1. The Labute approximate surface area is 108 Å². The molecule has 2 aromatic rings. The van der Waals surface area contributed by atoms with Crippen molar-refractivity contribution in [2.45, 2.75) is 19.6 Å². The fraction of sp³-hybridized carbons (Fsp3) is 0.267. The van der Waals surface area contributed by atoms with Gasteiger partial charge in [0, 0.05) is 25.4 Å². The van der Waals surface area contributed by atoms with Crippen LogP contribution in [0.4, 0.5) is 0 Å². The highest BCUT2D eigenvalue weighted by atomic mass is 16.5. The largest absolute Gasteiger partial charge is 0.377 e. The highest BCUT2D eigenvalue weighted by molar-refractivity contribution is 5.63. The van der Waals surface area contributed by atoms with E-state index in [4.69, 9.17) is 10.5 Å². The second-order valence-electron chi connectivity index (χ2n) is 4.22. The lowest BCUT2D eigenvalue weighted by Gasteiger charge is -2.11. The van der Waals surface area contributed by atoms with Crippen molar-refractivity contribution in [1.82, 2.24) is 4.98 Å². The molecular formula is C15H18N2O. The molecule has 94 valence electrons. The third kappa shape index (κ3) is 2.58. The van der Waals surface area contributed by atoms with Crippen molar-refractivity contribution in [2.24, 2.45) is 5.73 Å². The Balaban J connectivity index is 2.34. The van der Waals surface area contributed by atoms with Crippen molar-refractivity contribution in [3.8, 4) is 11.3 Å². The normalized spacial score (nSPS) is 12.4. The molecule has 1 atom stereocenters. The molecule has 2 rings (SSSR count). The van der Waals surface area contributed by atoms with Gasteiger partial charge in [-0.1, -0.05) is 30.3 Å². The SMILES string of the molecule is CO[C@@H](C)c1ccc(-c2ncccc2CN)cc1. The first-order valence-electron chi connectivity index (χ1n) is 6.03. The van der Waals surface area contributed by atoms with E-state index in [1.54, 1.807) is 13.3 Å². The zero-order valence-corrected chi connectivity index (χ0v) is 10.8. The van der Waals surface area contributed by atoms with Crippen molar-refractivity contribution in [2.75, 3.05) is 7.11 Å². The van der Waals surface area contributed by atoms with Crippen LogP contribution in [-0.4, -0.2) is 12.1 Å². The van der Waals surface area contributed by atoms with Crippen molar-refractivity contribution in [3.63, 3.8) is 0 Å². The van der Waals surface area contributed by atoms with Gasteiger partial charge < -0.3 is 10.5 Å². The van der Waals surface area contributed by atoms with Gasteiger partial charge in [0.25, 0.3) is 0 Å². The summed E-state index contributed by atoms with van der Waals surface area (Å²) in [5, 5.41) is 0. The van der Waals surface area contributed by atoms with Gasteiger partial charge in [-0.25, -0.2) is 0 Å². The number of hydrogen-bond acceptors (Lipinski definition) is 3. The van der Waals surface area contributed by atoms with E-state index < -0.39 is 0 Å². The van der Waals surface area contributed by atoms with Crippen molar-refractivity contribution in [3.05, 3.63) is 53.7 Å². The average molecular weight is 242 g/mol. The molecule has 1 aromatic heterocycles. The van der Waals surface area contributed by atoms with Crippen LogP contribution in [0.3, 0.4) is 0 Å². The van der Waals surface area contributed by atoms with Crippen LogP contribution in [0.15, 0.2) is 42.6 Å². The van der Waals surface area contributed by atoms with E-state index in [9.17, 15) is 0 Å². The lowest BCUT2D eigenvalue weighted by molar-refractivity contribution is 0.119. The summed E-state index contributed by atoms with van der Waals surface area (Å²) in [6.45, 7) is 2.53. The second kappa shape index (κ2) is 5.76. The summed E-state index contributed by atoms with van der Waals surface area (Å²) in [4.78, 5) is 4.40. The van der Waals surface area contributed by atoms with Gasteiger partial charge in [0.15, 0.2) is 0 Å². The average Bonchev–Trinajstić information content (AvgIpc) is 2.46. The Bertz CT molecular complexity index is 508. The highest BCUT2D eigenvalue weighted by Crippen LogP contribution is 2.23. The third-order valence-electron chi connectivity index (χ3n) is 3.12. The zero-order chi connectivity index (χ0) is 13.0.